The second kappa shape index (κ2) is 3.58. The smallest absolute Gasteiger partial charge is 0.168 e. The van der Waals surface area contributed by atoms with Crippen molar-refractivity contribution in [3.8, 4) is 0 Å². The highest BCUT2D eigenvalue weighted by Crippen LogP contribution is 2.45. The van der Waals surface area contributed by atoms with Gasteiger partial charge in [-0.2, -0.15) is 0 Å². The van der Waals surface area contributed by atoms with Gasteiger partial charge in [-0.1, -0.05) is 12.2 Å². The lowest BCUT2D eigenvalue weighted by Gasteiger charge is -2.43. The molecule has 1 heterocycles. The van der Waals surface area contributed by atoms with Gasteiger partial charge in [-0.3, -0.25) is 0 Å². The topological polar surface area (TPSA) is 38.7 Å². The molecule has 3 atom stereocenters. The third-order valence-corrected chi connectivity index (χ3v) is 4.06. The molecule has 0 aromatic carbocycles. The van der Waals surface area contributed by atoms with Crippen molar-refractivity contribution in [2.75, 3.05) is 13.2 Å². The minimum Gasteiger partial charge on any atom is -0.389 e. The summed E-state index contributed by atoms with van der Waals surface area (Å²) in [5, 5.41) is 9.87. The molecule has 0 radical (unpaired) electrons. The van der Waals surface area contributed by atoms with Gasteiger partial charge in [-0.25, -0.2) is 0 Å². The van der Waals surface area contributed by atoms with Gasteiger partial charge in [0.1, 0.15) is 0 Å². The van der Waals surface area contributed by atoms with Crippen LogP contribution in [-0.2, 0) is 9.47 Å². The van der Waals surface area contributed by atoms with Crippen LogP contribution in [0.5, 0.6) is 0 Å². The average Bonchev–Trinajstić information content (AvgIpc) is 2.66. The summed E-state index contributed by atoms with van der Waals surface area (Å²) in [6.07, 6.45) is 7.78. The Morgan fingerprint density at radius 3 is 2.87 bits per heavy atom. The van der Waals surface area contributed by atoms with Crippen molar-refractivity contribution in [2.45, 2.75) is 37.6 Å². The van der Waals surface area contributed by atoms with E-state index in [0.717, 1.165) is 38.9 Å². The van der Waals surface area contributed by atoms with E-state index in [9.17, 15) is 5.11 Å². The summed E-state index contributed by atoms with van der Waals surface area (Å²) in [6, 6.07) is 0. The van der Waals surface area contributed by atoms with Crippen LogP contribution in [0.1, 0.15) is 25.7 Å². The van der Waals surface area contributed by atoms with Crippen LogP contribution in [0.2, 0.25) is 0 Å². The second-order valence-corrected chi connectivity index (χ2v) is 4.93. The minimum absolute atomic E-state index is 0.248. The quantitative estimate of drug-likeness (QED) is 0.615. The van der Waals surface area contributed by atoms with Crippen molar-refractivity contribution < 1.29 is 14.6 Å². The summed E-state index contributed by atoms with van der Waals surface area (Å²) < 4.78 is 11.5. The maximum Gasteiger partial charge on any atom is 0.168 e. The highest BCUT2D eigenvalue weighted by Gasteiger charge is 2.46. The largest absolute Gasteiger partial charge is 0.389 e. The molecule has 0 aromatic heterocycles. The summed E-state index contributed by atoms with van der Waals surface area (Å²) in [5.41, 5.74) is 0. The standard InChI is InChI=1S/C12H18O3/c13-11-3-1-2-9-8-12(5-4-10(9)11)14-6-7-15-12/h1,3,9-11,13H,2,4-8H2. The number of rotatable bonds is 0. The van der Waals surface area contributed by atoms with E-state index in [-0.39, 0.29) is 11.9 Å². The van der Waals surface area contributed by atoms with Crippen LogP contribution in [0.25, 0.3) is 0 Å². The van der Waals surface area contributed by atoms with Gasteiger partial charge in [0.15, 0.2) is 5.79 Å². The molecule has 2 fully saturated rings. The molecular weight excluding hydrogens is 192 g/mol. The number of fused-ring (bicyclic) bond motifs is 1. The van der Waals surface area contributed by atoms with Crippen LogP contribution >= 0.6 is 0 Å². The van der Waals surface area contributed by atoms with E-state index in [1.807, 2.05) is 6.08 Å². The Hall–Kier alpha value is -0.380. The fraction of sp³-hybridized carbons (Fsp3) is 0.833. The molecule has 3 aliphatic rings. The minimum atomic E-state index is -0.300. The van der Waals surface area contributed by atoms with Crippen molar-refractivity contribution in [1.82, 2.24) is 0 Å². The van der Waals surface area contributed by atoms with E-state index in [1.54, 1.807) is 0 Å². The average molecular weight is 210 g/mol. The molecule has 3 nitrogen and oxygen atoms in total. The summed E-state index contributed by atoms with van der Waals surface area (Å²) in [4.78, 5) is 0. The number of aliphatic hydroxyl groups is 1. The molecule has 1 spiro atoms. The van der Waals surface area contributed by atoms with E-state index in [2.05, 4.69) is 6.08 Å². The van der Waals surface area contributed by atoms with Crippen LogP contribution in [-0.4, -0.2) is 30.2 Å². The third kappa shape index (κ3) is 1.63. The fourth-order valence-corrected chi connectivity index (χ4v) is 3.28. The third-order valence-electron chi connectivity index (χ3n) is 4.06. The number of aliphatic hydroxyl groups excluding tert-OH is 1. The van der Waals surface area contributed by atoms with Crippen molar-refractivity contribution in [3.63, 3.8) is 0 Å². The van der Waals surface area contributed by atoms with Gasteiger partial charge in [-0.15, -0.1) is 0 Å². The maximum absolute atomic E-state index is 9.87. The molecule has 15 heavy (non-hydrogen) atoms. The van der Waals surface area contributed by atoms with Gasteiger partial charge in [0.05, 0.1) is 19.3 Å². The number of hydrogen-bond donors (Lipinski definition) is 1. The molecule has 0 bridgehead atoms. The van der Waals surface area contributed by atoms with Gasteiger partial charge in [0, 0.05) is 12.8 Å². The van der Waals surface area contributed by atoms with E-state index in [1.165, 1.54) is 0 Å². The Bertz CT molecular complexity index is 268. The van der Waals surface area contributed by atoms with Gasteiger partial charge in [0.2, 0.25) is 0 Å². The lowest BCUT2D eigenvalue weighted by atomic mass is 9.70. The molecule has 84 valence electrons. The predicted octanol–water partition coefficient (Wildman–Crippen LogP) is 1.47. The zero-order valence-electron chi connectivity index (χ0n) is 8.89. The maximum atomic E-state index is 9.87. The zero-order valence-corrected chi connectivity index (χ0v) is 8.89. The number of allylic oxidation sites excluding steroid dienone is 1. The molecule has 3 heteroatoms. The summed E-state index contributed by atoms with van der Waals surface area (Å²) in [7, 11) is 0. The summed E-state index contributed by atoms with van der Waals surface area (Å²) in [5.74, 6) is 0.664. The predicted molar refractivity (Wildman–Crippen MR) is 55.2 cm³/mol. The van der Waals surface area contributed by atoms with Gasteiger partial charge < -0.3 is 14.6 Å². The Morgan fingerprint density at radius 2 is 2.07 bits per heavy atom. The fourth-order valence-electron chi connectivity index (χ4n) is 3.28. The molecule has 0 aromatic rings. The lowest BCUT2D eigenvalue weighted by Crippen LogP contribution is -2.44. The molecular formula is C12H18O3. The normalized spacial score (nSPS) is 43.1. The summed E-state index contributed by atoms with van der Waals surface area (Å²) >= 11 is 0. The Balaban J connectivity index is 1.75. The Labute approximate surface area is 90.1 Å². The second-order valence-electron chi connectivity index (χ2n) is 4.93. The van der Waals surface area contributed by atoms with E-state index in [4.69, 9.17) is 9.47 Å². The van der Waals surface area contributed by atoms with Gasteiger partial charge in [0.25, 0.3) is 0 Å². The number of ether oxygens (including phenoxy) is 2. The highest BCUT2D eigenvalue weighted by atomic mass is 16.7. The first-order valence-corrected chi connectivity index (χ1v) is 5.92. The monoisotopic (exact) mass is 210 g/mol. The highest BCUT2D eigenvalue weighted by molar-refractivity contribution is 5.04. The first-order chi connectivity index (χ1) is 7.29. The van der Waals surface area contributed by atoms with Crippen LogP contribution in [0, 0.1) is 11.8 Å². The van der Waals surface area contributed by atoms with Crippen molar-refractivity contribution in [3.05, 3.63) is 12.2 Å². The van der Waals surface area contributed by atoms with Crippen LogP contribution in [0.15, 0.2) is 12.2 Å². The van der Waals surface area contributed by atoms with Crippen molar-refractivity contribution in [2.24, 2.45) is 11.8 Å². The Morgan fingerprint density at radius 1 is 1.27 bits per heavy atom. The SMILES string of the molecule is OC1C=CCC2CC3(CCC12)OCCO3. The lowest BCUT2D eigenvalue weighted by molar-refractivity contribution is -0.199. The molecule has 1 aliphatic heterocycles. The van der Waals surface area contributed by atoms with Crippen LogP contribution in [0.3, 0.4) is 0 Å². The van der Waals surface area contributed by atoms with Crippen LogP contribution in [0.4, 0.5) is 0 Å². The van der Waals surface area contributed by atoms with Crippen LogP contribution < -0.4 is 0 Å². The molecule has 3 unspecified atom stereocenters. The Kier molecular flexibility index (Phi) is 2.34. The van der Waals surface area contributed by atoms with Crippen molar-refractivity contribution >= 4 is 0 Å². The van der Waals surface area contributed by atoms with E-state index in [0.29, 0.717) is 11.8 Å². The molecule has 1 saturated heterocycles. The summed E-state index contributed by atoms with van der Waals surface area (Å²) in [6.45, 7) is 1.46. The van der Waals surface area contributed by atoms with E-state index < -0.39 is 0 Å². The molecule has 2 aliphatic carbocycles. The molecule has 1 N–H and O–H groups in total. The van der Waals surface area contributed by atoms with Gasteiger partial charge >= 0.3 is 0 Å². The van der Waals surface area contributed by atoms with Gasteiger partial charge in [-0.05, 0) is 24.7 Å². The first-order valence-electron chi connectivity index (χ1n) is 5.92. The molecule has 1 saturated carbocycles. The van der Waals surface area contributed by atoms with Crippen molar-refractivity contribution in [1.29, 1.82) is 0 Å². The first kappa shape index (κ1) is 9.82. The van der Waals surface area contributed by atoms with E-state index >= 15 is 0 Å². The molecule has 3 rings (SSSR count). The zero-order chi connectivity index (χ0) is 10.3. The number of hydrogen-bond acceptors (Lipinski definition) is 3. The molecule has 0 amide bonds.